The lowest BCUT2D eigenvalue weighted by molar-refractivity contribution is 0.110. The highest BCUT2D eigenvalue weighted by molar-refractivity contribution is 4.69. The summed E-state index contributed by atoms with van der Waals surface area (Å²) in [6.07, 6.45) is 5.35. The third kappa shape index (κ3) is 5.83. The molecule has 0 radical (unpaired) electrons. The van der Waals surface area contributed by atoms with Gasteiger partial charge in [-0.15, -0.1) is 0 Å². The van der Waals surface area contributed by atoms with Crippen LogP contribution in [0.5, 0.6) is 0 Å². The van der Waals surface area contributed by atoms with Crippen LogP contribution in [0.1, 0.15) is 39.5 Å². The zero-order chi connectivity index (χ0) is 11.8. The van der Waals surface area contributed by atoms with E-state index in [4.69, 9.17) is 10.5 Å². The molecule has 3 heteroatoms. The van der Waals surface area contributed by atoms with Gasteiger partial charge in [0.15, 0.2) is 0 Å². The average molecular weight is 228 g/mol. The van der Waals surface area contributed by atoms with Crippen LogP contribution in [0.2, 0.25) is 0 Å². The minimum Gasteiger partial charge on any atom is -0.377 e. The molecule has 16 heavy (non-hydrogen) atoms. The lowest BCUT2D eigenvalue weighted by atomic mass is 9.94. The second kappa shape index (κ2) is 8.04. The van der Waals surface area contributed by atoms with E-state index in [1.807, 2.05) is 0 Å². The predicted octanol–water partition coefficient (Wildman–Crippen LogP) is 1.77. The molecule has 0 amide bonds. The summed E-state index contributed by atoms with van der Waals surface area (Å²) in [7, 11) is 0. The largest absolute Gasteiger partial charge is 0.377 e. The van der Waals surface area contributed by atoms with Crippen LogP contribution < -0.4 is 11.1 Å². The van der Waals surface area contributed by atoms with E-state index < -0.39 is 0 Å². The van der Waals surface area contributed by atoms with Crippen LogP contribution >= 0.6 is 0 Å². The van der Waals surface area contributed by atoms with Crippen LogP contribution in [0.4, 0.5) is 0 Å². The zero-order valence-corrected chi connectivity index (χ0v) is 10.9. The fraction of sp³-hybridized carbons (Fsp3) is 1.00. The topological polar surface area (TPSA) is 47.3 Å². The Hall–Kier alpha value is -0.120. The van der Waals surface area contributed by atoms with Crippen molar-refractivity contribution in [3.8, 4) is 0 Å². The number of rotatable bonds is 8. The van der Waals surface area contributed by atoms with Crippen molar-refractivity contribution in [2.75, 3.05) is 26.2 Å². The first-order chi connectivity index (χ1) is 7.72. The Kier molecular flexibility index (Phi) is 7.01. The molecule has 96 valence electrons. The van der Waals surface area contributed by atoms with Crippen molar-refractivity contribution < 1.29 is 4.74 Å². The highest BCUT2D eigenvalue weighted by atomic mass is 16.5. The van der Waals surface area contributed by atoms with Crippen LogP contribution in [0, 0.1) is 11.8 Å². The molecule has 0 aromatic rings. The molecule has 3 nitrogen and oxygen atoms in total. The number of hydrogen-bond acceptors (Lipinski definition) is 3. The van der Waals surface area contributed by atoms with Gasteiger partial charge < -0.3 is 15.8 Å². The molecule has 0 aliphatic carbocycles. The smallest absolute Gasteiger partial charge is 0.0700 e. The molecule has 0 saturated carbocycles. The van der Waals surface area contributed by atoms with E-state index in [9.17, 15) is 0 Å². The molecule has 1 aliphatic heterocycles. The summed E-state index contributed by atoms with van der Waals surface area (Å²) in [6, 6.07) is 0. The zero-order valence-electron chi connectivity index (χ0n) is 10.9. The van der Waals surface area contributed by atoms with Gasteiger partial charge in [0.2, 0.25) is 0 Å². The Morgan fingerprint density at radius 1 is 1.44 bits per heavy atom. The predicted molar refractivity (Wildman–Crippen MR) is 68.5 cm³/mol. The van der Waals surface area contributed by atoms with Gasteiger partial charge in [-0.3, -0.25) is 0 Å². The van der Waals surface area contributed by atoms with Crippen molar-refractivity contribution >= 4 is 0 Å². The molecule has 1 fully saturated rings. The van der Waals surface area contributed by atoms with Gasteiger partial charge in [0.05, 0.1) is 6.10 Å². The molecule has 1 saturated heterocycles. The molecule has 2 unspecified atom stereocenters. The first-order valence-electron chi connectivity index (χ1n) is 6.74. The van der Waals surface area contributed by atoms with E-state index >= 15 is 0 Å². The lowest BCUT2D eigenvalue weighted by Crippen LogP contribution is -2.29. The second-order valence-corrected chi connectivity index (χ2v) is 5.36. The molecular weight excluding hydrogens is 200 g/mol. The van der Waals surface area contributed by atoms with Crippen LogP contribution in [0.15, 0.2) is 0 Å². The van der Waals surface area contributed by atoms with Gasteiger partial charge in [-0.2, -0.15) is 0 Å². The Labute approximate surface area is 100 Å². The molecule has 1 heterocycles. The molecule has 2 atom stereocenters. The Bertz CT molecular complexity index is 167. The molecule has 0 spiro atoms. The summed E-state index contributed by atoms with van der Waals surface area (Å²) in [6.45, 7) is 8.39. The summed E-state index contributed by atoms with van der Waals surface area (Å²) >= 11 is 0. The molecular formula is C13H28N2O. The van der Waals surface area contributed by atoms with Gasteiger partial charge in [0.1, 0.15) is 0 Å². The average Bonchev–Trinajstić information content (AvgIpc) is 2.74. The molecule has 1 aliphatic rings. The first kappa shape index (κ1) is 13.9. The van der Waals surface area contributed by atoms with Crippen LogP contribution in [-0.2, 0) is 4.74 Å². The van der Waals surface area contributed by atoms with Crippen molar-refractivity contribution in [3.05, 3.63) is 0 Å². The molecule has 3 N–H and O–H groups in total. The van der Waals surface area contributed by atoms with Gasteiger partial charge in [0, 0.05) is 13.2 Å². The van der Waals surface area contributed by atoms with Crippen LogP contribution in [-0.4, -0.2) is 32.3 Å². The van der Waals surface area contributed by atoms with Crippen LogP contribution in [0.25, 0.3) is 0 Å². The van der Waals surface area contributed by atoms with Gasteiger partial charge >= 0.3 is 0 Å². The molecule has 0 aromatic carbocycles. The second-order valence-electron chi connectivity index (χ2n) is 5.36. The van der Waals surface area contributed by atoms with E-state index in [-0.39, 0.29) is 0 Å². The van der Waals surface area contributed by atoms with E-state index in [2.05, 4.69) is 19.2 Å². The first-order valence-corrected chi connectivity index (χ1v) is 6.74. The number of nitrogens with one attached hydrogen (secondary N) is 1. The highest BCUT2D eigenvalue weighted by Crippen LogP contribution is 2.14. The minimum absolute atomic E-state index is 0.460. The summed E-state index contributed by atoms with van der Waals surface area (Å²) in [5.74, 6) is 1.43. The third-order valence-electron chi connectivity index (χ3n) is 3.26. The van der Waals surface area contributed by atoms with Gasteiger partial charge in [0.25, 0.3) is 0 Å². The van der Waals surface area contributed by atoms with Crippen molar-refractivity contribution in [1.82, 2.24) is 5.32 Å². The quantitative estimate of drug-likeness (QED) is 0.622. The number of ether oxygens (including phenoxy) is 1. The molecule has 1 rings (SSSR count). The Balaban J connectivity index is 1.99. The standard InChI is InChI=1S/C13H28N2O/c1-11(2)8-12(9-14)5-6-15-10-13-4-3-7-16-13/h11-13,15H,3-10,14H2,1-2H3. The summed E-state index contributed by atoms with van der Waals surface area (Å²) in [5.41, 5.74) is 5.77. The maximum absolute atomic E-state index is 5.77. The van der Waals surface area contributed by atoms with Gasteiger partial charge in [-0.05, 0) is 50.6 Å². The van der Waals surface area contributed by atoms with E-state index in [0.29, 0.717) is 12.0 Å². The minimum atomic E-state index is 0.460. The lowest BCUT2D eigenvalue weighted by Gasteiger charge is -2.18. The number of hydrogen-bond donors (Lipinski definition) is 2. The summed E-state index contributed by atoms with van der Waals surface area (Å²) in [4.78, 5) is 0. The monoisotopic (exact) mass is 228 g/mol. The van der Waals surface area contributed by atoms with Gasteiger partial charge in [-0.1, -0.05) is 13.8 Å². The molecule has 0 bridgehead atoms. The van der Waals surface area contributed by atoms with Crippen molar-refractivity contribution in [3.63, 3.8) is 0 Å². The maximum atomic E-state index is 5.77. The van der Waals surface area contributed by atoms with E-state index in [1.165, 1.54) is 25.7 Å². The van der Waals surface area contributed by atoms with E-state index in [0.717, 1.165) is 32.2 Å². The van der Waals surface area contributed by atoms with Gasteiger partial charge in [-0.25, -0.2) is 0 Å². The fourth-order valence-corrected chi connectivity index (χ4v) is 2.37. The summed E-state index contributed by atoms with van der Waals surface area (Å²) < 4.78 is 5.56. The van der Waals surface area contributed by atoms with Crippen molar-refractivity contribution in [2.24, 2.45) is 17.6 Å². The van der Waals surface area contributed by atoms with Crippen molar-refractivity contribution in [2.45, 2.75) is 45.6 Å². The van der Waals surface area contributed by atoms with E-state index in [1.54, 1.807) is 0 Å². The third-order valence-corrected chi connectivity index (χ3v) is 3.26. The summed E-state index contributed by atoms with van der Waals surface area (Å²) in [5, 5.41) is 3.48. The normalized spacial score (nSPS) is 22.9. The highest BCUT2D eigenvalue weighted by Gasteiger charge is 2.15. The number of nitrogens with two attached hydrogens (primary N) is 1. The maximum Gasteiger partial charge on any atom is 0.0700 e. The van der Waals surface area contributed by atoms with Crippen LogP contribution in [0.3, 0.4) is 0 Å². The fourth-order valence-electron chi connectivity index (χ4n) is 2.37. The van der Waals surface area contributed by atoms with Crippen molar-refractivity contribution in [1.29, 1.82) is 0 Å². The Morgan fingerprint density at radius 2 is 2.25 bits per heavy atom. The SMILES string of the molecule is CC(C)CC(CN)CCNCC1CCCO1. The molecule has 0 aromatic heterocycles. The Morgan fingerprint density at radius 3 is 2.81 bits per heavy atom.